The molecule has 1 rings (SSSR count). The summed E-state index contributed by atoms with van der Waals surface area (Å²) in [6.07, 6.45) is 1.00. The smallest absolute Gasteiger partial charge is 0.0997 e. The summed E-state index contributed by atoms with van der Waals surface area (Å²) in [7, 11) is 0. The maximum absolute atomic E-state index is 12.4. The molecule has 0 heterocycles. The Morgan fingerprint density at radius 1 is 1.38 bits per heavy atom. The van der Waals surface area contributed by atoms with E-state index in [-0.39, 0.29) is 6.67 Å². The Morgan fingerprint density at radius 2 is 2.08 bits per heavy atom. The molecule has 0 N–H and O–H groups in total. The van der Waals surface area contributed by atoms with Gasteiger partial charge in [0.2, 0.25) is 0 Å². The maximum Gasteiger partial charge on any atom is 0.0997 e. The van der Waals surface area contributed by atoms with Crippen LogP contribution in [-0.2, 0) is 6.42 Å². The van der Waals surface area contributed by atoms with Gasteiger partial charge in [-0.3, -0.25) is 4.39 Å². The fraction of sp³-hybridized carbons (Fsp3) is 0.364. The molecule has 0 aliphatic rings. The second-order valence-electron chi connectivity index (χ2n) is 3.12. The molecule has 0 atom stereocenters. The maximum atomic E-state index is 12.4. The van der Waals surface area contributed by atoms with Crippen molar-refractivity contribution in [1.82, 2.24) is 0 Å². The second kappa shape index (κ2) is 4.94. The van der Waals surface area contributed by atoms with Crippen molar-refractivity contribution in [3.05, 3.63) is 38.8 Å². The van der Waals surface area contributed by atoms with E-state index in [0.29, 0.717) is 0 Å². The van der Waals surface area contributed by atoms with Gasteiger partial charge in [0.25, 0.3) is 0 Å². The van der Waals surface area contributed by atoms with Gasteiger partial charge in [0, 0.05) is 9.49 Å². The Hall–Kier alpha value is -0.120. The Bertz CT molecular complexity index is 283. The third-order valence-corrected chi connectivity index (χ3v) is 2.68. The molecule has 71 valence electrons. The van der Waals surface area contributed by atoms with Crippen molar-refractivity contribution in [2.45, 2.75) is 20.3 Å². The molecule has 0 unspecified atom stereocenters. The minimum absolute atomic E-state index is 0.358. The predicted octanol–water partition coefficient (Wildman–Crippen LogP) is 3.77. The normalized spacial score (nSPS) is 10.8. The summed E-state index contributed by atoms with van der Waals surface area (Å²) >= 11 is 2.27. The van der Waals surface area contributed by atoms with Crippen LogP contribution in [0.1, 0.15) is 25.0 Å². The number of hydrogen-bond donors (Lipinski definition) is 0. The molecule has 1 aromatic carbocycles. The van der Waals surface area contributed by atoms with Crippen LogP contribution in [0.2, 0.25) is 0 Å². The average molecular weight is 291 g/mol. The molecule has 0 bridgehead atoms. The summed E-state index contributed by atoms with van der Waals surface area (Å²) in [5.41, 5.74) is 2.31. The van der Waals surface area contributed by atoms with E-state index in [4.69, 9.17) is 0 Å². The molecule has 13 heavy (non-hydrogen) atoms. The lowest BCUT2D eigenvalue weighted by atomic mass is 9.99. The van der Waals surface area contributed by atoms with Gasteiger partial charge in [-0.05, 0) is 52.3 Å². The van der Waals surface area contributed by atoms with Crippen molar-refractivity contribution in [2.24, 2.45) is 0 Å². The zero-order valence-electron chi connectivity index (χ0n) is 7.90. The van der Waals surface area contributed by atoms with Gasteiger partial charge in [0.05, 0.1) is 6.67 Å². The molecule has 1 radical (unpaired) electrons. The summed E-state index contributed by atoms with van der Waals surface area (Å²) < 4.78 is 13.6. The van der Waals surface area contributed by atoms with Crippen LogP contribution in [0.25, 0.3) is 0 Å². The molecular formula is C11H13FI. The first kappa shape index (κ1) is 11.0. The van der Waals surface area contributed by atoms with Crippen LogP contribution in [0.4, 0.5) is 4.39 Å². The molecular weight excluding hydrogens is 278 g/mol. The quantitative estimate of drug-likeness (QED) is 0.744. The highest BCUT2D eigenvalue weighted by atomic mass is 127. The van der Waals surface area contributed by atoms with Crippen molar-refractivity contribution >= 4 is 22.6 Å². The lowest BCUT2D eigenvalue weighted by Gasteiger charge is -2.09. The lowest BCUT2D eigenvalue weighted by Crippen LogP contribution is -1.98. The largest absolute Gasteiger partial charge is 0.250 e. The van der Waals surface area contributed by atoms with E-state index >= 15 is 0 Å². The highest BCUT2D eigenvalue weighted by Gasteiger charge is 2.07. The van der Waals surface area contributed by atoms with E-state index < -0.39 is 0 Å². The highest BCUT2D eigenvalue weighted by molar-refractivity contribution is 14.1. The lowest BCUT2D eigenvalue weighted by molar-refractivity contribution is 0.516. The van der Waals surface area contributed by atoms with E-state index in [9.17, 15) is 4.39 Å². The summed E-state index contributed by atoms with van der Waals surface area (Å²) in [5.74, 6) is 0.813. The molecule has 1 aromatic rings. The van der Waals surface area contributed by atoms with Crippen molar-refractivity contribution in [2.75, 3.05) is 6.67 Å². The Morgan fingerprint density at radius 3 is 2.62 bits per heavy atom. The van der Waals surface area contributed by atoms with E-state index in [1.54, 1.807) is 0 Å². The number of hydrogen-bond acceptors (Lipinski definition) is 0. The van der Waals surface area contributed by atoms with Gasteiger partial charge in [-0.2, -0.15) is 0 Å². The van der Waals surface area contributed by atoms with Crippen LogP contribution in [0.3, 0.4) is 0 Å². The number of aryl methyl sites for hydroxylation is 1. The molecule has 0 saturated heterocycles. The zero-order valence-corrected chi connectivity index (χ0v) is 10.1. The van der Waals surface area contributed by atoms with E-state index in [0.717, 1.165) is 17.9 Å². The van der Waals surface area contributed by atoms with E-state index in [2.05, 4.69) is 41.6 Å². The Kier molecular flexibility index (Phi) is 4.16. The van der Waals surface area contributed by atoms with Crippen molar-refractivity contribution < 1.29 is 4.39 Å². The van der Waals surface area contributed by atoms with Crippen LogP contribution in [-0.4, -0.2) is 6.67 Å². The van der Waals surface area contributed by atoms with Gasteiger partial charge >= 0.3 is 0 Å². The molecule has 0 aliphatic carbocycles. The predicted molar refractivity (Wildman–Crippen MR) is 62.5 cm³/mol. The monoisotopic (exact) mass is 291 g/mol. The molecule has 2 heteroatoms. The van der Waals surface area contributed by atoms with Crippen LogP contribution in [0.15, 0.2) is 18.2 Å². The van der Waals surface area contributed by atoms with Crippen LogP contribution >= 0.6 is 22.6 Å². The van der Waals surface area contributed by atoms with Gasteiger partial charge in [-0.25, -0.2) is 0 Å². The Balaban J connectivity index is 3.01. The second-order valence-corrected chi connectivity index (χ2v) is 4.36. The third-order valence-electron chi connectivity index (χ3n) is 2.06. The summed E-state index contributed by atoms with van der Waals surface area (Å²) in [4.78, 5) is 0. The first-order valence-corrected chi connectivity index (χ1v) is 5.43. The van der Waals surface area contributed by atoms with Gasteiger partial charge in [0.1, 0.15) is 0 Å². The topological polar surface area (TPSA) is 0 Å². The van der Waals surface area contributed by atoms with Crippen molar-refractivity contribution in [3.63, 3.8) is 0 Å². The third kappa shape index (κ3) is 2.93. The number of halogens is 2. The molecule has 0 spiro atoms. The van der Waals surface area contributed by atoms with Crippen LogP contribution in [0.5, 0.6) is 0 Å². The van der Waals surface area contributed by atoms with Crippen molar-refractivity contribution in [3.8, 4) is 0 Å². The SMILES string of the molecule is CCc1cc(I)cc([C](C)CF)c1. The van der Waals surface area contributed by atoms with Crippen LogP contribution < -0.4 is 0 Å². The number of benzene rings is 1. The minimum atomic E-state index is -0.358. The number of rotatable bonds is 3. The van der Waals surface area contributed by atoms with Gasteiger partial charge in [-0.15, -0.1) is 0 Å². The molecule has 0 fully saturated rings. The fourth-order valence-electron chi connectivity index (χ4n) is 1.18. The first-order chi connectivity index (χ1) is 6.17. The molecule has 0 aromatic heterocycles. The molecule has 0 aliphatic heterocycles. The van der Waals surface area contributed by atoms with Crippen LogP contribution in [0, 0.1) is 9.49 Å². The highest BCUT2D eigenvalue weighted by Crippen LogP contribution is 2.20. The van der Waals surface area contributed by atoms with E-state index in [1.807, 2.05) is 13.0 Å². The van der Waals surface area contributed by atoms with Gasteiger partial charge < -0.3 is 0 Å². The standard InChI is InChI=1S/C11H13FI/c1-3-9-4-10(8(2)7-12)6-11(13)5-9/h4-6H,3,7H2,1-2H3. The molecule has 0 nitrogen and oxygen atoms in total. The summed E-state index contributed by atoms with van der Waals surface area (Å²) in [5, 5.41) is 0. The molecule has 0 saturated carbocycles. The first-order valence-electron chi connectivity index (χ1n) is 4.35. The fourth-order valence-corrected chi connectivity index (χ4v) is 1.91. The van der Waals surface area contributed by atoms with Gasteiger partial charge in [0.15, 0.2) is 0 Å². The number of alkyl halides is 1. The van der Waals surface area contributed by atoms with Crippen molar-refractivity contribution in [1.29, 1.82) is 0 Å². The average Bonchev–Trinajstić information content (AvgIpc) is 2.15. The van der Waals surface area contributed by atoms with Gasteiger partial charge in [-0.1, -0.05) is 19.9 Å². The summed E-state index contributed by atoms with van der Waals surface area (Å²) in [6, 6.07) is 6.22. The zero-order chi connectivity index (χ0) is 9.84. The minimum Gasteiger partial charge on any atom is -0.250 e. The Labute approximate surface area is 92.7 Å². The summed E-state index contributed by atoms with van der Waals surface area (Å²) in [6.45, 7) is 3.59. The van der Waals surface area contributed by atoms with E-state index in [1.165, 1.54) is 9.13 Å². The molecule has 0 amide bonds.